The van der Waals surface area contributed by atoms with Crippen molar-refractivity contribution in [2.24, 2.45) is 0 Å². The summed E-state index contributed by atoms with van der Waals surface area (Å²) in [5.41, 5.74) is 2.97. The maximum atomic E-state index is 13.0. The molecule has 0 spiro atoms. The monoisotopic (exact) mass is 496 g/mol. The lowest BCUT2D eigenvalue weighted by Gasteiger charge is -2.28. The van der Waals surface area contributed by atoms with Crippen LogP contribution >= 0.6 is 0 Å². The Kier molecular flexibility index (Phi) is 6.17. The Balaban J connectivity index is 1.50. The van der Waals surface area contributed by atoms with Crippen LogP contribution in [0.5, 0.6) is 0 Å². The Morgan fingerprint density at radius 3 is 2.66 bits per heavy atom. The molecule has 4 rings (SSSR count). The molecule has 0 bridgehead atoms. The van der Waals surface area contributed by atoms with Gasteiger partial charge in [0, 0.05) is 35.4 Å². The molecule has 1 aromatic heterocycles. The third-order valence-corrected chi connectivity index (χ3v) is 5.01. The first kappa shape index (κ1) is 24.1. The number of aromatic nitrogens is 2. The number of fused-ring (bicyclic) bond motifs is 1. The van der Waals surface area contributed by atoms with Gasteiger partial charge in [-0.2, -0.15) is 26.3 Å². The number of allylic oxidation sites excluding steroid dienone is 2. The Morgan fingerprint density at radius 1 is 1.17 bits per heavy atom. The Labute approximate surface area is 195 Å². The highest BCUT2D eigenvalue weighted by Crippen LogP contribution is 2.33. The predicted octanol–water partition coefficient (Wildman–Crippen LogP) is 4.63. The summed E-state index contributed by atoms with van der Waals surface area (Å²) in [6.45, 7) is 0.304. The molecule has 2 aromatic rings. The summed E-state index contributed by atoms with van der Waals surface area (Å²) < 4.78 is 75.8. The Bertz CT molecular complexity index is 1230. The zero-order chi connectivity index (χ0) is 25.4. The number of nitrogens with zero attached hydrogens (tertiary/aromatic N) is 3. The number of alkyl halides is 6. The summed E-state index contributed by atoms with van der Waals surface area (Å²) in [6.07, 6.45) is -1.89. The molecule has 0 saturated heterocycles. The van der Waals surface area contributed by atoms with Crippen molar-refractivity contribution in [1.29, 1.82) is 0 Å². The average Bonchev–Trinajstić information content (AvgIpc) is 3.20. The number of nitrogens with one attached hydrogen (secondary N) is 3. The van der Waals surface area contributed by atoms with Crippen LogP contribution in [0.4, 0.5) is 36.8 Å². The third-order valence-electron chi connectivity index (χ3n) is 5.01. The van der Waals surface area contributed by atoms with Gasteiger partial charge in [-0.15, -0.1) is 0 Å². The zero-order valence-corrected chi connectivity index (χ0v) is 18.0. The highest BCUT2D eigenvalue weighted by molar-refractivity contribution is 5.90. The lowest BCUT2D eigenvalue weighted by atomic mass is 10.0. The molecule has 0 saturated carbocycles. The first-order chi connectivity index (χ1) is 16.4. The van der Waals surface area contributed by atoms with Gasteiger partial charge in [0.15, 0.2) is 0 Å². The van der Waals surface area contributed by atoms with E-state index in [1.165, 1.54) is 6.07 Å². The zero-order valence-electron chi connectivity index (χ0n) is 18.0. The summed E-state index contributed by atoms with van der Waals surface area (Å²) in [5, 5.41) is 7.25. The molecule has 0 radical (unpaired) electrons. The van der Waals surface area contributed by atoms with Gasteiger partial charge in [-0.1, -0.05) is 0 Å². The van der Waals surface area contributed by atoms with Gasteiger partial charge in [0.05, 0.1) is 11.4 Å². The first-order valence-corrected chi connectivity index (χ1v) is 10.2. The molecule has 13 heteroatoms. The molecule has 2 aliphatic rings. The molecule has 2 aliphatic heterocycles. The summed E-state index contributed by atoms with van der Waals surface area (Å²) in [5.74, 6) is -1.23. The van der Waals surface area contributed by atoms with E-state index in [2.05, 4.69) is 20.6 Å². The second-order valence-corrected chi connectivity index (χ2v) is 7.76. The molecule has 2 amide bonds. The Hall–Kier alpha value is -4.03. The molecule has 35 heavy (non-hydrogen) atoms. The largest absolute Gasteiger partial charge is 0.451 e. The lowest BCUT2D eigenvalue weighted by Crippen LogP contribution is -2.36. The van der Waals surface area contributed by atoms with E-state index in [4.69, 9.17) is 0 Å². The van der Waals surface area contributed by atoms with Crippen LogP contribution in [0.3, 0.4) is 0 Å². The molecule has 1 aromatic carbocycles. The second kappa shape index (κ2) is 8.96. The maximum absolute atomic E-state index is 13.0. The lowest BCUT2D eigenvalue weighted by molar-refractivity contribution is -0.145. The van der Waals surface area contributed by atoms with Crippen LogP contribution in [-0.2, 0) is 6.18 Å². The molecule has 184 valence electrons. The average molecular weight is 496 g/mol. The fourth-order valence-electron chi connectivity index (χ4n) is 3.57. The van der Waals surface area contributed by atoms with Crippen LogP contribution in [-0.4, -0.2) is 39.8 Å². The number of carbonyl (C=O) groups excluding carboxylic acids is 1. The molecular formula is C22H18F6N6O. The number of hydrogen-bond acceptors (Lipinski definition) is 5. The van der Waals surface area contributed by atoms with Crippen LogP contribution in [0.1, 0.15) is 22.6 Å². The predicted molar refractivity (Wildman–Crippen MR) is 115 cm³/mol. The third kappa shape index (κ3) is 5.73. The molecule has 3 heterocycles. The summed E-state index contributed by atoms with van der Waals surface area (Å²) in [4.78, 5) is 20.5. The van der Waals surface area contributed by atoms with E-state index in [1.807, 2.05) is 11.0 Å². The second-order valence-electron chi connectivity index (χ2n) is 7.76. The van der Waals surface area contributed by atoms with E-state index in [0.29, 0.717) is 22.5 Å². The van der Waals surface area contributed by atoms with E-state index in [0.717, 1.165) is 11.8 Å². The van der Waals surface area contributed by atoms with Crippen molar-refractivity contribution in [2.75, 3.05) is 11.9 Å². The summed E-state index contributed by atoms with van der Waals surface area (Å²) in [6, 6.07) is 5.41. The molecule has 0 fully saturated rings. The van der Waals surface area contributed by atoms with Crippen LogP contribution < -0.4 is 16.0 Å². The highest BCUT2D eigenvalue weighted by Gasteiger charge is 2.35. The SMILES string of the molecule is Cc1cc(NC(=O)NCC(F)(F)F)cc(C2=CNC3C=C(c4ccnc(C(F)(F)F)n4)C=CN23)c1. The van der Waals surface area contributed by atoms with Crippen LogP contribution in [0.2, 0.25) is 0 Å². The van der Waals surface area contributed by atoms with Gasteiger partial charge in [-0.3, -0.25) is 0 Å². The van der Waals surface area contributed by atoms with Crippen molar-refractivity contribution >= 4 is 23.0 Å². The van der Waals surface area contributed by atoms with Gasteiger partial charge in [-0.25, -0.2) is 14.8 Å². The van der Waals surface area contributed by atoms with Crippen molar-refractivity contribution in [3.8, 4) is 0 Å². The van der Waals surface area contributed by atoms with Gasteiger partial charge in [0.25, 0.3) is 0 Å². The van der Waals surface area contributed by atoms with Gasteiger partial charge >= 0.3 is 18.4 Å². The molecular weight excluding hydrogens is 478 g/mol. The van der Waals surface area contributed by atoms with Gasteiger partial charge < -0.3 is 20.9 Å². The smallest absolute Gasteiger partial charge is 0.366 e. The number of hydrogen-bond donors (Lipinski definition) is 3. The summed E-state index contributed by atoms with van der Waals surface area (Å²) in [7, 11) is 0. The minimum atomic E-state index is -4.66. The number of benzene rings is 1. The fourth-order valence-corrected chi connectivity index (χ4v) is 3.57. The number of halogens is 6. The van der Waals surface area contributed by atoms with Gasteiger partial charge in [-0.05, 0) is 48.9 Å². The number of rotatable bonds is 4. The van der Waals surface area contributed by atoms with E-state index in [1.54, 1.807) is 48.9 Å². The molecule has 1 atom stereocenters. The van der Waals surface area contributed by atoms with E-state index >= 15 is 0 Å². The molecule has 7 nitrogen and oxygen atoms in total. The highest BCUT2D eigenvalue weighted by atomic mass is 19.4. The van der Waals surface area contributed by atoms with Crippen LogP contribution in [0.25, 0.3) is 11.3 Å². The van der Waals surface area contributed by atoms with Crippen molar-refractivity contribution in [1.82, 2.24) is 25.5 Å². The van der Waals surface area contributed by atoms with E-state index < -0.39 is 36.9 Å². The minimum Gasteiger partial charge on any atom is -0.366 e. The minimum absolute atomic E-state index is 0.116. The number of amides is 2. The van der Waals surface area contributed by atoms with Gasteiger partial charge in [0.2, 0.25) is 5.82 Å². The molecule has 1 unspecified atom stereocenters. The summed E-state index contributed by atoms with van der Waals surface area (Å²) >= 11 is 0. The van der Waals surface area contributed by atoms with Crippen molar-refractivity contribution < 1.29 is 31.1 Å². The number of urea groups is 1. The topological polar surface area (TPSA) is 82.2 Å². The fraction of sp³-hybridized carbons (Fsp3) is 0.227. The van der Waals surface area contributed by atoms with E-state index in [-0.39, 0.29) is 5.69 Å². The van der Waals surface area contributed by atoms with Crippen molar-refractivity contribution in [3.05, 3.63) is 77.7 Å². The first-order valence-electron chi connectivity index (χ1n) is 10.2. The van der Waals surface area contributed by atoms with Crippen LogP contribution in [0, 0.1) is 6.92 Å². The van der Waals surface area contributed by atoms with Gasteiger partial charge in [0.1, 0.15) is 12.7 Å². The van der Waals surface area contributed by atoms with Crippen molar-refractivity contribution in [2.45, 2.75) is 25.4 Å². The van der Waals surface area contributed by atoms with Crippen molar-refractivity contribution in [3.63, 3.8) is 0 Å². The number of carbonyl (C=O) groups is 1. The normalized spacial score (nSPS) is 17.3. The standard InChI is InChI=1S/C22H18F6N6O/c1-12-6-14(8-15(7-12)32-20(35)31-11-21(23,24)25)17-10-30-18-9-13(3-5-34(17)18)16-2-4-29-19(33-16)22(26,27)28/h2-10,18,30H,11H2,1H3,(H2,31,32,35). The molecule has 3 N–H and O–H groups in total. The quantitative estimate of drug-likeness (QED) is 0.538. The number of anilines is 1. The molecule has 0 aliphatic carbocycles. The Morgan fingerprint density at radius 2 is 1.94 bits per heavy atom. The maximum Gasteiger partial charge on any atom is 0.451 e. The van der Waals surface area contributed by atoms with Crippen LogP contribution in [0.15, 0.2) is 55.0 Å². The number of aryl methyl sites for hydroxylation is 1. The van der Waals surface area contributed by atoms with E-state index in [9.17, 15) is 31.1 Å².